The standard InChI is InChI=1S/C24H25N/c1-17-15-18(2)24(19(3)16-17)25-22-13-6-4-9-20(22)11-8-12-21-10-5-7-14-23(21)25/h4-7,9-10,13-16H,8,11-12H2,1-3H3. The van der Waals surface area contributed by atoms with Crippen molar-refractivity contribution in [2.75, 3.05) is 4.90 Å². The van der Waals surface area contributed by atoms with Gasteiger partial charge in [-0.3, -0.25) is 0 Å². The van der Waals surface area contributed by atoms with E-state index in [1.54, 1.807) is 0 Å². The summed E-state index contributed by atoms with van der Waals surface area (Å²) in [4.78, 5) is 2.49. The maximum Gasteiger partial charge on any atom is 0.0520 e. The Labute approximate surface area is 150 Å². The first-order valence-corrected chi connectivity index (χ1v) is 9.19. The fourth-order valence-electron chi connectivity index (χ4n) is 4.25. The molecule has 0 saturated heterocycles. The number of nitrogens with zero attached hydrogens (tertiary/aromatic N) is 1. The third-order valence-electron chi connectivity index (χ3n) is 5.22. The van der Waals surface area contributed by atoms with E-state index in [9.17, 15) is 0 Å². The van der Waals surface area contributed by atoms with E-state index in [2.05, 4.69) is 86.3 Å². The molecule has 0 N–H and O–H groups in total. The van der Waals surface area contributed by atoms with Crippen LogP contribution in [0.1, 0.15) is 34.2 Å². The predicted molar refractivity (Wildman–Crippen MR) is 107 cm³/mol. The SMILES string of the molecule is Cc1cc(C)c(N2c3ccccc3CCCc3ccccc32)c(C)c1. The van der Waals surface area contributed by atoms with Crippen molar-refractivity contribution in [2.24, 2.45) is 0 Å². The zero-order valence-electron chi connectivity index (χ0n) is 15.3. The molecule has 0 unspecified atom stereocenters. The van der Waals surface area contributed by atoms with Crippen molar-refractivity contribution in [3.8, 4) is 0 Å². The van der Waals surface area contributed by atoms with E-state index >= 15 is 0 Å². The average Bonchev–Trinajstić information content (AvgIpc) is 2.58. The molecule has 0 fully saturated rings. The summed E-state index contributed by atoms with van der Waals surface area (Å²) in [6.45, 7) is 6.65. The van der Waals surface area contributed by atoms with E-state index < -0.39 is 0 Å². The molecule has 1 heterocycles. The number of hydrogen-bond acceptors (Lipinski definition) is 1. The van der Waals surface area contributed by atoms with Crippen LogP contribution in [0.2, 0.25) is 0 Å². The van der Waals surface area contributed by atoms with Gasteiger partial charge in [-0.05, 0) is 74.4 Å². The molecule has 1 heteroatoms. The van der Waals surface area contributed by atoms with Gasteiger partial charge in [0.2, 0.25) is 0 Å². The highest BCUT2D eigenvalue weighted by molar-refractivity contribution is 5.83. The first-order chi connectivity index (χ1) is 12.1. The van der Waals surface area contributed by atoms with Gasteiger partial charge in [-0.1, -0.05) is 54.1 Å². The van der Waals surface area contributed by atoms with Gasteiger partial charge in [0.1, 0.15) is 0 Å². The van der Waals surface area contributed by atoms with Crippen LogP contribution < -0.4 is 4.90 Å². The minimum absolute atomic E-state index is 1.13. The van der Waals surface area contributed by atoms with E-state index in [-0.39, 0.29) is 0 Å². The van der Waals surface area contributed by atoms with Gasteiger partial charge in [0.05, 0.1) is 5.69 Å². The largest absolute Gasteiger partial charge is 0.309 e. The van der Waals surface area contributed by atoms with Crippen LogP contribution in [0.4, 0.5) is 17.1 Å². The summed E-state index contributed by atoms with van der Waals surface area (Å²) in [5.41, 5.74) is 10.9. The quantitative estimate of drug-likeness (QED) is 0.488. The van der Waals surface area contributed by atoms with Crippen LogP contribution >= 0.6 is 0 Å². The van der Waals surface area contributed by atoms with E-state index in [1.165, 1.54) is 51.3 Å². The number of rotatable bonds is 1. The summed E-state index contributed by atoms with van der Waals surface area (Å²) in [6.07, 6.45) is 3.46. The molecule has 1 aliphatic heterocycles. The van der Waals surface area contributed by atoms with E-state index in [0.29, 0.717) is 0 Å². The van der Waals surface area contributed by atoms with E-state index in [1.807, 2.05) is 0 Å². The molecule has 126 valence electrons. The normalized spacial score (nSPS) is 13.6. The zero-order chi connectivity index (χ0) is 17.4. The van der Waals surface area contributed by atoms with Crippen molar-refractivity contribution in [1.29, 1.82) is 0 Å². The van der Waals surface area contributed by atoms with Crippen molar-refractivity contribution < 1.29 is 0 Å². The highest BCUT2D eigenvalue weighted by Gasteiger charge is 2.23. The zero-order valence-corrected chi connectivity index (χ0v) is 15.3. The van der Waals surface area contributed by atoms with Crippen LogP contribution in [0.3, 0.4) is 0 Å². The highest BCUT2D eigenvalue weighted by atomic mass is 15.2. The third kappa shape index (κ3) is 2.84. The molecule has 4 rings (SSSR count). The van der Waals surface area contributed by atoms with Gasteiger partial charge in [0, 0.05) is 11.4 Å². The molecule has 3 aromatic rings. The molecular weight excluding hydrogens is 302 g/mol. The molecule has 0 radical (unpaired) electrons. The minimum Gasteiger partial charge on any atom is -0.309 e. The molecule has 0 bridgehead atoms. The molecule has 0 aliphatic carbocycles. The van der Waals surface area contributed by atoms with E-state index in [0.717, 1.165) is 12.8 Å². The summed E-state index contributed by atoms with van der Waals surface area (Å²) in [5, 5.41) is 0. The maximum atomic E-state index is 2.49. The fourth-order valence-corrected chi connectivity index (χ4v) is 4.25. The monoisotopic (exact) mass is 327 g/mol. The summed E-state index contributed by atoms with van der Waals surface area (Å²) >= 11 is 0. The molecular formula is C24H25N. The Morgan fingerprint density at radius 1 is 0.680 bits per heavy atom. The van der Waals surface area contributed by atoms with Crippen LogP contribution in [0.5, 0.6) is 0 Å². The Morgan fingerprint density at radius 2 is 1.16 bits per heavy atom. The topological polar surface area (TPSA) is 3.24 Å². The Hall–Kier alpha value is -2.54. The number of fused-ring (bicyclic) bond motifs is 2. The second-order valence-corrected chi connectivity index (χ2v) is 7.19. The van der Waals surface area contributed by atoms with Crippen molar-refractivity contribution in [1.82, 2.24) is 0 Å². The molecule has 0 aromatic heterocycles. The van der Waals surface area contributed by atoms with Gasteiger partial charge in [0.15, 0.2) is 0 Å². The van der Waals surface area contributed by atoms with Crippen molar-refractivity contribution in [3.63, 3.8) is 0 Å². The number of benzene rings is 3. The Kier molecular flexibility index (Phi) is 4.09. The van der Waals surface area contributed by atoms with Crippen LogP contribution in [-0.4, -0.2) is 0 Å². The Morgan fingerprint density at radius 3 is 1.68 bits per heavy atom. The molecule has 0 spiro atoms. The number of hydrogen-bond donors (Lipinski definition) is 0. The van der Waals surface area contributed by atoms with Crippen molar-refractivity contribution >= 4 is 17.1 Å². The lowest BCUT2D eigenvalue weighted by Gasteiger charge is -2.33. The summed E-state index contributed by atoms with van der Waals surface area (Å²) < 4.78 is 0. The number of aryl methyl sites for hydroxylation is 5. The number of anilines is 3. The fraction of sp³-hybridized carbons (Fsp3) is 0.250. The second kappa shape index (κ2) is 6.40. The predicted octanol–water partition coefficient (Wildman–Crippen LogP) is 6.57. The first kappa shape index (κ1) is 16.0. The van der Waals surface area contributed by atoms with Gasteiger partial charge in [0.25, 0.3) is 0 Å². The number of para-hydroxylation sites is 2. The molecule has 1 aliphatic rings. The van der Waals surface area contributed by atoms with Crippen molar-refractivity contribution in [3.05, 3.63) is 88.5 Å². The van der Waals surface area contributed by atoms with Crippen LogP contribution in [0, 0.1) is 20.8 Å². The molecule has 1 nitrogen and oxygen atoms in total. The maximum absolute atomic E-state index is 2.49. The molecule has 25 heavy (non-hydrogen) atoms. The third-order valence-corrected chi connectivity index (χ3v) is 5.22. The summed E-state index contributed by atoms with van der Waals surface area (Å²) in [7, 11) is 0. The molecule has 0 saturated carbocycles. The smallest absolute Gasteiger partial charge is 0.0520 e. The lowest BCUT2D eigenvalue weighted by molar-refractivity contribution is 0.810. The van der Waals surface area contributed by atoms with Gasteiger partial charge in [-0.15, -0.1) is 0 Å². The Bertz CT molecular complexity index is 852. The molecule has 3 aromatic carbocycles. The molecule has 0 atom stereocenters. The van der Waals surface area contributed by atoms with Gasteiger partial charge in [-0.2, -0.15) is 0 Å². The van der Waals surface area contributed by atoms with Crippen LogP contribution in [-0.2, 0) is 12.8 Å². The van der Waals surface area contributed by atoms with Crippen LogP contribution in [0.25, 0.3) is 0 Å². The summed E-state index contributed by atoms with van der Waals surface area (Å²) in [5.74, 6) is 0. The van der Waals surface area contributed by atoms with Crippen molar-refractivity contribution in [2.45, 2.75) is 40.0 Å². The van der Waals surface area contributed by atoms with Crippen LogP contribution in [0.15, 0.2) is 60.7 Å². The average molecular weight is 327 g/mol. The molecule has 0 amide bonds. The minimum atomic E-state index is 1.13. The first-order valence-electron chi connectivity index (χ1n) is 9.19. The van der Waals surface area contributed by atoms with E-state index in [4.69, 9.17) is 0 Å². The Balaban J connectivity index is 2.04. The highest BCUT2D eigenvalue weighted by Crippen LogP contribution is 2.43. The van der Waals surface area contributed by atoms with Gasteiger partial charge >= 0.3 is 0 Å². The second-order valence-electron chi connectivity index (χ2n) is 7.19. The van der Waals surface area contributed by atoms with Gasteiger partial charge < -0.3 is 4.90 Å². The summed E-state index contributed by atoms with van der Waals surface area (Å²) in [6, 6.07) is 22.4. The van der Waals surface area contributed by atoms with Gasteiger partial charge in [-0.25, -0.2) is 0 Å². The lowest BCUT2D eigenvalue weighted by Crippen LogP contribution is -2.18. The lowest BCUT2D eigenvalue weighted by atomic mass is 9.94.